The Labute approximate surface area is 146 Å². The second-order valence-electron chi connectivity index (χ2n) is 5.20. The van der Waals surface area contributed by atoms with Gasteiger partial charge in [0.05, 0.1) is 16.8 Å². The van der Waals surface area contributed by atoms with Crippen molar-refractivity contribution in [1.29, 1.82) is 5.26 Å². The Bertz CT molecular complexity index is 951. The van der Waals surface area contributed by atoms with E-state index in [9.17, 15) is 18.4 Å². The minimum absolute atomic E-state index is 0.228. The number of nitrogens with zero attached hydrogens (tertiary/aromatic N) is 2. The quantitative estimate of drug-likeness (QED) is 0.548. The van der Waals surface area contributed by atoms with Crippen LogP contribution >= 0.6 is 11.3 Å². The van der Waals surface area contributed by atoms with E-state index in [1.54, 1.807) is 0 Å². The number of allylic oxidation sites excluding steroid dienone is 1. The molecule has 0 aliphatic carbocycles. The maximum Gasteiger partial charge on any atom is 0.416 e. The number of hydrogen-bond acceptors (Lipinski definition) is 3. The van der Waals surface area contributed by atoms with Crippen LogP contribution in [-0.2, 0) is 6.18 Å². The van der Waals surface area contributed by atoms with Crippen LogP contribution in [0.3, 0.4) is 0 Å². The zero-order valence-electron chi connectivity index (χ0n) is 12.8. The maximum absolute atomic E-state index is 12.8. The van der Waals surface area contributed by atoms with Crippen molar-refractivity contribution in [1.82, 2.24) is 4.98 Å². The third-order valence-electron chi connectivity index (χ3n) is 3.45. The molecule has 3 rings (SSSR count). The topological polar surface area (TPSA) is 36.7 Å². The van der Waals surface area contributed by atoms with Gasteiger partial charge in [0, 0.05) is 10.9 Å². The highest BCUT2D eigenvalue weighted by Crippen LogP contribution is 2.31. The van der Waals surface area contributed by atoms with E-state index in [1.807, 2.05) is 41.8 Å². The molecule has 0 saturated carbocycles. The smallest absolute Gasteiger partial charge is 0.235 e. The zero-order chi connectivity index (χ0) is 17.9. The van der Waals surface area contributed by atoms with Gasteiger partial charge in [-0.05, 0) is 23.8 Å². The summed E-state index contributed by atoms with van der Waals surface area (Å²) in [5, 5.41) is 11.7. The van der Waals surface area contributed by atoms with Gasteiger partial charge in [-0.2, -0.15) is 18.4 Å². The molecule has 1 aromatic heterocycles. The van der Waals surface area contributed by atoms with Crippen molar-refractivity contribution in [2.45, 2.75) is 6.18 Å². The number of thiazole rings is 1. The lowest BCUT2D eigenvalue weighted by atomic mass is 10.1. The summed E-state index contributed by atoms with van der Waals surface area (Å²) in [7, 11) is 0. The first-order valence-corrected chi connectivity index (χ1v) is 8.16. The fourth-order valence-electron chi connectivity index (χ4n) is 2.25. The average molecular weight is 356 g/mol. The summed E-state index contributed by atoms with van der Waals surface area (Å²) in [5.41, 5.74) is 1.43. The van der Waals surface area contributed by atoms with Crippen LogP contribution in [0.25, 0.3) is 22.9 Å². The second kappa shape index (κ2) is 6.91. The molecule has 2 aromatic carbocycles. The minimum atomic E-state index is -4.42. The summed E-state index contributed by atoms with van der Waals surface area (Å²) in [6.45, 7) is 0. The summed E-state index contributed by atoms with van der Waals surface area (Å²) in [5.74, 6) is 0. The molecule has 3 aromatic rings. The number of benzene rings is 2. The molecule has 0 bridgehead atoms. The molecule has 0 fully saturated rings. The van der Waals surface area contributed by atoms with Gasteiger partial charge in [-0.3, -0.25) is 0 Å². The Balaban J connectivity index is 1.95. The first-order chi connectivity index (χ1) is 12.0. The van der Waals surface area contributed by atoms with Crippen molar-refractivity contribution in [3.05, 3.63) is 76.1 Å². The van der Waals surface area contributed by atoms with Crippen molar-refractivity contribution in [3.63, 3.8) is 0 Å². The molecule has 124 valence electrons. The molecule has 0 aliphatic heterocycles. The largest absolute Gasteiger partial charge is 0.416 e. The van der Waals surface area contributed by atoms with Gasteiger partial charge in [0.15, 0.2) is 0 Å². The Morgan fingerprint density at radius 1 is 1.08 bits per heavy atom. The number of hydrogen-bond donors (Lipinski definition) is 0. The normalized spacial score (nSPS) is 12.0. The van der Waals surface area contributed by atoms with Gasteiger partial charge in [0.25, 0.3) is 0 Å². The third kappa shape index (κ3) is 3.95. The number of nitriles is 1. The van der Waals surface area contributed by atoms with Crippen molar-refractivity contribution < 1.29 is 13.2 Å². The van der Waals surface area contributed by atoms with Gasteiger partial charge in [-0.1, -0.05) is 42.5 Å². The fourth-order valence-corrected chi connectivity index (χ4v) is 3.05. The SMILES string of the molecule is N#C/C(=C/c1cccc(C(F)(F)F)c1)c1nc(-c2ccccc2)cs1. The van der Waals surface area contributed by atoms with E-state index in [2.05, 4.69) is 4.98 Å². The Morgan fingerprint density at radius 2 is 1.84 bits per heavy atom. The van der Waals surface area contributed by atoms with Gasteiger partial charge in [0.2, 0.25) is 0 Å². The minimum Gasteiger partial charge on any atom is -0.235 e. The van der Waals surface area contributed by atoms with Gasteiger partial charge >= 0.3 is 6.18 Å². The lowest BCUT2D eigenvalue weighted by Gasteiger charge is -2.06. The molecule has 0 aliphatic rings. The van der Waals surface area contributed by atoms with E-state index < -0.39 is 11.7 Å². The molecule has 0 atom stereocenters. The molecule has 1 heterocycles. The van der Waals surface area contributed by atoms with E-state index in [0.29, 0.717) is 10.6 Å². The van der Waals surface area contributed by atoms with Crippen molar-refractivity contribution in [2.75, 3.05) is 0 Å². The van der Waals surface area contributed by atoms with Crippen LogP contribution in [0.15, 0.2) is 60.0 Å². The van der Waals surface area contributed by atoms with E-state index in [-0.39, 0.29) is 5.57 Å². The summed E-state index contributed by atoms with van der Waals surface area (Å²) < 4.78 is 38.4. The highest BCUT2D eigenvalue weighted by atomic mass is 32.1. The molecule has 0 saturated heterocycles. The molecular weight excluding hydrogens is 345 g/mol. The molecular formula is C19H11F3N2S. The highest BCUT2D eigenvalue weighted by molar-refractivity contribution is 7.11. The molecule has 25 heavy (non-hydrogen) atoms. The van der Waals surface area contributed by atoms with E-state index in [1.165, 1.54) is 29.5 Å². The first-order valence-electron chi connectivity index (χ1n) is 7.28. The van der Waals surface area contributed by atoms with Crippen LogP contribution in [0.1, 0.15) is 16.1 Å². The van der Waals surface area contributed by atoms with E-state index >= 15 is 0 Å². The van der Waals surface area contributed by atoms with E-state index in [0.717, 1.165) is 23.4 Å². The standard InChI is InChI=1S/C19H11F3N2S/c20-19(21,22)16-8-4-5-13(10-16)9-15(11-23)18-24-17(12-25-18)14-6-2-1-3-7-14/h1-10,12H/b15-9-. The predicted molar refractivity (Wildman–Crippen MR) is 92.5 cm³/mol. The average Bonchev–Trinajstić information content (AvgIpc) is 3.10. The molecule has 0 N–H and O–H groups in total. The number of halogens is 3. The Morgan fingerprint density at radius 3 is 2.52 bits per heavy atom. The molecule has 6 heteroatoms. The van der Waals surface area contributed by atoms with E-state index in [4.69, 9.17) is 0 Å². The molecule has 0 spiro atoms. The van der Waals surface area contributed by atoms with Crippen LogP contribution in [0, 0.1) is 11.3 Å². The highest BCUT2D eigenvalue weighted by Gasteiger charge is 2.30. The van der Waals surface area contributed by atoms with Crippen molar-refractivity contribution in [2.24, 2.45) is 0 Å². The monoisotopic (exact) mass is 356 g/mol. The van der Waals surface area contributed by atoms with Gasteiger partial charge in [0.1, 0.15) is 11.1 Å². The van der Waals surface area contributed by atoms with Crippen molar-refractivity contribution >= 4 is 23.0 Å². The Kier molecular flexibility index (Phi) is 4.68. The van der Waals surface area contributed by atoms with Gasteiger partial charge in [-0.25, -0.2) is 4.98 Å². The summed E-state index contributed by atoms with van der Waals surface area (Å²) >= 11 is 1.28. The van der Waals surface area contributed by atoms with Crippen LogP contribution in [0.4, 0.5) is 13.2 Å². The lowest BCUT2D eigenvalue weighted by Crippen LogP contribution is -2.04. The molecule has 2 nitrogen and oxygen atoms in total. The number of aromatic nitrogens is 1. The molecule has 0 radical (unpaired) electrons. The summed E-state index contributed by atoms with van der Waals surface area (Å²) in [4.78, 5) is 4.42. The molecule has 0 amide bonds. The summed E-state index contributed by atoms with van der Waals surface area (Å²) in [6, 6.07) is 16.4. The van der Waals surface area contributed by atoms with Crippen LogP contribution in [-0.4, -0.2) is 4.98 Å². The van der Waals surface area contributed by atoms with Crippen LogP contribution in [0.2, 0.25) is 0 Å². The number of rotatable bonds is 3. The number of alkyl halides is 3. The van der Waals surface area contributed by atoms with Crippen molar-refractivity contribution in [3.8, 4) is 17.3 Å². The Hall–Kier alpha value is -2.91. The molecule has 0 unspecified atom stereocenters. The maximum atomic E-state index is 12.8. The van der Waals surface area contributed by atoms with Gasteiger partial charge in [-0.15, -0.1) is 11.3 Å². The second-order valence-corrected chi connectivity index (χ2v) is 6.06. The zero-order valence-corrected chi connectivity index (χ0v) is 13.6. The van der Waals surface area contributed by atoms with Gasteiger partial charge < -0.3 is 0 Å². The third-order valence-corrected chi connectivity index (χ3v) is 4.33. The predicted octanol–water partition coefficient (Wildman–Crippen LogP) is 5.89. The summed E-state index contributed by atoms with van der Waals surface area (Å²) in [6.07, 6.45) is -3.00. The first kappa shape index (κ1) is 16.9. The van der Waals surface area contributed by atoms with Crippen LogP contribution in [0.5, 0.6) is 0 Å². The van der Waals surface area contributed by atoms with Crippen LogP contribution < -0.4 is 0 Å². The fraction of sp³-hybridized carbons (Fsp3) is 0.0526. The lowest BCUT2D eigenvalue weighted by molar-refractivity contribution is -0.137.